The molecule has 0 amide bonds. The Morgan fingerprint density at radius 3 is 2.76 bits per heavy atom. The predicted molar refractivity (Wildman–Crippen MR) is 124 cm³/mol. The van der Waals surface area contributed by atoms with Crippen molar-refractivity contribution in [3.63, 3.8) is 0 Å². The van der Waals surface area contributed by atoms with Crippen LogP contribution in [0.3, 0.4) is 0 Å². The Balaban J connectivity index is 1.39. The molecule has 0 spiro atoms. The molecule has 4 atom stereocenters. The summed E-state index contributed by atoms with van der Waals surface area (Å²) in [5.74, 6) is -6.46. The lowest BCUT2D eigenvalue weighted by atomic mass is 9.82. The van der Waals surface area contributed by atoms with Gasteiger partial charge in [0.1, 0.15) is 12.4 Å². The molecule has 34 heavy (non-hydrogen) atoms. The smallest absolute Gasteiger partial charge is 0.306 e. The second-order valence-electron chi connectivity index (χ2n) is 9.47. The number of aliphatic hydroxyl groups is 1. The maximum Gasteiger partial charge on any atom is 0.306 e. The molecule has 1 saturated carbocycles. The number of ether oxygens (including phenoxy) is 2. The number of fused-ring (bicyclic) bond motifs is 1. The number of rotatable bonds is 12. The first-order valence-corrected chi connectivity index (χ1v) is 12.4. The summed E-state index contributed by atoms with van der Waals surface area (Å²) < 4.78 is 39.8. The lowest BCUT2D eigenvalue weighted by molar-refractivity contribution is -0.356. The molecule has 1 aliphatic heterocycles. The van der Waals surface area contributed by atoms with Crippen molar-refractivity contribution in [2.24, 2.45) is 11.8 Å². The number of carbonyl (C=O) groups is 2. The third-order valence-electron chi connectivity index (χ3n) is 6.94. The fourth-order valence-electron chi connectivity index (χ4n) is 4.89. The van der Waals surface area contributed by atoms with Gasteiger partial charge in [-0.05, 0) is 43.6 Å². The fourth-order valence-corrected chi connectivity index (χ4v) is 4.89. The van der Waals surface area contributed by atoms with Crippen LogP contribution < -0.4 is 0 Å². The van der Waals surface area contributed by atoms with E-state index in [2.05, 4.69) is 0 Å². The standard InChI is InChI=1S/C27H36F2O5/c1-2-3-16-26(28,29)27(32)17-15-22-21(23(30)18-24(22)34-27)13-9-4-5-10-14-25(31)33-19-20-11-7-6-8-12-20/h4,6-9,11-12,21-22,24,32H,2-3,5,10,13-19H2,1H3/b9-4-/t21?,22-,24?,27-/m1/s1. The second-order valence-corrected chi connectivity index (χ2v) is 9.47. The zero-order valence-corrected chi connectivity index (χ0v) is 19.9. The number of Topliss-reactive ketones (excluding diaryl/α,β-unsaturated/α-hetero) is 1. The van der Waals surface area contributed by atoms with E-state index in [1.165, 1.54) is 0 Å². The number of carbonyl (C=O) groups excluding carboxylic acids is 2. The number of esters is 1. The van der Waals surface area contributed by atoms with Crippen molar-refractivity contribution in [1.29, 1.82) is 0 Å². The van der Waals surface area contributed by atoms with Gasteiger partial charge in [0.25, 0.3) is 0 Å². The molecule has 1 aliphatic carbocycles. The summed E-state index contributed by atoms with van der Waals surface area (Å²) in [6, 6.07) is 9.51. The Hall–Kier alpha value is -2.12. The molecule has 0 bridgehead atoms. The summed E-state index contributed by atoms with van der Waals surface area (Å²) >= 11 is 0. The first-order valence-electron chi connectivity index (χ1n) is 12.4. The van der Waals surface area contributed by atoms with Gasteiger partial charge in [-0.3, -0.25) is 9.59 Å². The average molecular weight is 479 g/mol. The van der Waals surface area contributed by atoms with E-state index in [1.54, 1.807) is 0 Å². The molecular formula is C27H36F2O5. The molecule has 2 unspecified atom stereocenters. The molecule has 2 aliphatic rings. The monoisotopic (exact) mass is 478 g/mol. The van der Waals surface area contributed by atoms with Crippen LogP contribution in [0.25, 0.3) is 0 Å². The molecule has 1 heterocycles. The normalized spacial score (nSPS) is 27.2. The van der Waals surface area contributed by atoms with Crippen molar-refractivity contribution in [3.05, 3.63) is 48.0 Å². The quantitative estimate of drug-likeness (QED) is 0.235. The highest BCUT2D eigenvalue weighted by Crippen LogP contribution is 2.49. The van der Waals surface area contributed by atoms with E-state index in [0.717, 1.165) is 5.56 Å². The molecule has 0 aromatic heterocycles. The van der Waals surface area contributed by atoms with E-state index in [1.807, 2.05) is 49.4 Å². The van der Waals surface area contributed by atoms with Gasteiger partial charge in [0.05, 0.1) is 6.10 Å². The number of hydrogen-bond acceptors (Lipinski definition) is 5. The van der Waals surface area contributed by atoms with Gasteiger partial charge < -0.3 is 14.6 Å². The summed E-state index contributed by atoms with van der Waals surface area (Å²) in [7, 11) is 0. The van der Waals surface area contributed by atoms with Crippen LogP contribution in [0.1, 0.15) is 76.7 Å². The maximum absolute atomic E-state index is 14.5. The molecular weight excluding hydrogens is 442 g/mol. The first kappa shape index (κ1) is 26.5. The lowest BCUT2D eigenvalue weighted by Gasteiger charge is -2.43. The summed E-state index contributed by atoms with van der Waals surface area (Å²) in [4.78, 5) is 24.4. The molecule has 1 saturated heterocycles. The van der Waals surface area contributed by atoms with Gasteiger partial charge in [-0.25, -0.2) is 8.78 Å². The highest BCUT2D eigenvalue weighted by molar-refractivity contribution is 5.84. The Kier molecular flexibility index (Phi) is 9.37. The summed E-state index contributed by atoms with van der Waals surface area (Å²) in [6.45, 7) is 2.09. The van der Waals surface area contributed by atoms with E-state index in [4.69, 9.17) is 9.47 Å². The van der Waals surface area contributed by atoms with Gasteiger partial charge in [-0.1, -0.05) is 55.8 Å². The van der Waals surface area contributed by atoms with Crippen LogP contribution in [0.5, 0.6) is 0 Å². The van der Waals surface area contributed by atoms with Crippen molar-refractivity contribution in [3.8, 4) is 0 Å². The van der Waals surface area contributed by atoms with Gasteiger partial charge in [-0.2, -0.15) is 0 Å². The number of alkyl halides is 2. The Labute approximate surface area is 200 Å². The minimum absolute atomic E-state index is 0.00487. The molecule has 188 valence electrons. The van der Waals surface area contributed by atoms with Gasteiger partial charge in [0, 0.05) is 31.6 Å². The zero-order valence-electron chi connectivity index (χ0n) is 19.9. The SMILES string of the molecule is CCCCC(F)(F)[C@@]1(O)CC[C@H]2C(CC(=O)C2C/C=C\CCCC(=O)OCc2ccccc2)O1. The van der Waals surface area contributed by atoms with Crippen LogP contribution in [-0.2, 0) is 25.7 Å². The minimum atomic E-state index is -3.32. The average Bonchev–Trinajstić information content (AvgIpc) is 3.12. The Morgan fingerprint density at radius 1 is 1.26 bits per heavy atom. The topological polar surface area (TPSA) is 72.8 Å². The van der Waals surface area contributed by atoms with Crippen molar-refractivity contribution >= 4 is 11.8 Å². The van der Waals surface area contributed by atoms with Crippen molar-refractivity contribution in [1.82, 2.24) is 0 Å². The molecule has 1 N–H and O–H groups in total. The summed E-state index contributed by atoms with van der Waals surface area (Å²) in [5, 5.41) is 10.5. The van der Waals surface area contributed by atoms with Crippen LogP contribution in [0.15, 0.2) is 42.5 Å². The summed E-state index contributed by atoms with van der Waals surface area (Å²) in [5.41, 5.74) is 0.949. The number of hydrogen-bond donors (Lipinski definition) is 1. The largest absolute Gasteiger partial charge is 0.461 e. The van der Waals surface area contributed by atoms with Crippen LogP contribution in [-0.4, -0.2) is 34.7 Å². The molecule has 3 rings (SSSR count). The van der Waals surface area contributed by atoms with E-state index >= 15 is 0 Å². The number of ketones is 1. The zero-order chi connectivity index (χ0) is 24.6. The molecule has 0 radical (unpaired) electrons. The number of unbranched alkanes of at least 4 members (excludes halogenated alkanes) is 2. The van der Waals surface area contributed by atoms with Crippen LogP contribution in [0.4, 0.5) is 8.78 Å². The first-order chi connectivity index (χ1) is 16.3. The van der Waals surface area contributed by atoms with Crippen LogP contribution in [0.2, 0.25) is 0 Å². The molecule has 5 nitrogen and oxygen atoms in total. The van der Waals surface area contributed by atoms with Crippen LogP contribution >= 0.6 is 0 Å². The summed E-state index contributed by atoms with van der Waals surface area (Å²) in [6.07, 6.45) is 6.16. The second kappa shape index (κ2) is 12.0. The fraction of sp³-hybridized carbons (Fsp3) is 0.630. The predicted octanol–water partition coefficient (Wildman–Crippen LogP) is 5.74. The number of benzene rings is 1. The van der Waals surface area contributed by atoms with Crippen molar-refractivity contribution in [2.45, 2.75) is 95.6 Å². The minimum Gasteiger partial charge on any atom is -0.461 e. The number of allylic oxidation sites excluding steroid dienone is 2. The third-order valence-corrected chi connectivity index (χ3v) is 6.94. The molecule has 2 fully saturated rings. The van der Waals surface area contributed by atoms with Crippen LogP contribution in [0, 0.1) is 11.8 Å². The number of halogens is 2. The van der Waals surface area contributed by atoms with E-state index < -0.39 is 24.2 Å². The highest BCUT2D eigenvalue weighted by atomic mass is 19.3. The van der Waals surface area contributed by atoms with Crippen molar-refractivity contribution < 1.29 is 33.0 Å². The Bertz CT molecular complexity index is 841. The van der Waals surface area contributed by atoms with Gasteiger partial charge in [0.2, 0.25) is 5.79 Å². The Morgan fingerprint density at radius 2 is 2.03 bits per heavy atom. The van der Waals surface area contributed by atoms with E-state index in [0.29, 0.717) is 44.9 Å². The van der Waals surface area contributed by atoms with Crippen molar-refractivity contribution in [2.75, 3.05) is 0 Å². The lowest BCUT2D eigenvalue weighted by Crippen LogP contribution is -2.55. The van der Waals surface area contributed by atoms with E-state index in [-0.39, 0.29) is 43.0 Å². The third kappa shape index (κ3) is 6.72. The van der Waals surface area contributed by atoms with E-state index in [9.17, 15) is 23.5 Å². The van der Waals surface area contributed by atoms with Gasteiger partial charge in [-0.15, -0.1) is 0 Å². The highest BCUT2D eigenvalue weighted by Gasteiger charge is 2.59. The van der Waals surface area contributed by atoms with Gasteiger partial charge in [0.15, 0.2) is 0 Å². The molecule has 1 aromatic rings. The van der Waals surface area contributed by atoms with Gasteiger partial charge >= 0.3 is 11.9 Å². The molecule has 7 heteroatoms. The maximum atomic E-state index is 14.5. The molecule has 1 aromatic carbocycles.